The molecule has 4 aromatic rings. The van der Waals surface area contributed by atoms with Crippen LogP contribution in [0.1, 0.15) is 11.1 Å². The van der Waals surface area contributed by atoms with Crippen molar-refractivity contribution < 1.29 is 10.2 Å². The number of aromatic hydroxyl groups is 2. The second-order valence-corrected chi connectivity index (χ2v) is 7.34. The summed E-state index contributed by atoms with van der Waals surface area (Å²) in [4.78, 5) is 0. The Bertz CT molecular complexity index is 1110. The molecule has 0 aliphatic carbocycles. The molecule has 4 aromatic carbocycles. The Morgan fingerprint density at radius 1 is 0.467 bits per heavy atom. The van der Waals surface area contributed by atoms with Gasteiger partial charge in [0.05, 0.1) is 0 Å². The molecule has 4 nitrogen and oxygen atoms in total. The molecule has 0 aliphatic rings. The Hall–Kier alpha value is -3.92. The molecule has 0 radical (unpaired) electrons. The van der Waals surface area contributed by atoms with Gasteiger partial charge in [0.25, 0.3) is 0 Å². The predicted octanol–water partition coefficient (Wildman–Crippen LogP) is 7.46. The van der Waals surface area contributed by atoms with Crippen LogP contribution < -0.4 is 0 Å². The van der Waals surface area contributed by atoms with Crippen LogP contribution in [-0.4, -0.2) is 10.2 Å². The van der Waals surface area contributed by atoms with E-state index in [9.17, 15) is 10.2 Å². The van der Waals surface area contributed by atoms with Crippen molar-refractivity contribution in [3.8, 4) is 33.8 Å². The maximum absolute atomic E-state index is 10.4. The fourth-order valence-electron chi connectivity index (χ4n) is 3.17. The maximum atomic E-state index is 10.4. The smallest absolute Gasteiger partial charge is 0.143 e. The summed E-state index contributed by atoms with van der Waals surface area (Å²) in [7, 11) is 0. The third-order valence-electron chi connectivity index (χ3n) is 4.99. The molecular weight excluding hydrogens is 372 g/mol. The molecule has 0 unspecified atom stereocenters. The Balaban J connectivity index is 1.56. The van der Waals surface area contributed by atoms with Crippen molar-refractivity contribution in [1.29, 1.82) is 0 Å². The number of benzene rings is 4. The topological polar surface area (TPSA) is 65.2 Å². The first-order valence-electron chi connectivity index (χ1n) is 9.71. The molecule has 0 fully saturated rings. The summed E-state index contributed by atoms with van der Waals surface area (Å²) in [6, 6.07) is 26.7. The summed E-state index contributed by atoms with van der Waals surface area (Å²) in [6.45, 7) is 4.07. The molecule has 2 N–H and O–H groups in total. The highest BCUT2D eigenvalue weighted by molar-refractivity contribution is 5.71. The minimum Gasteiger partial charge on any atom is -0.506 e. The van der Waals surface area contributed by atoms with Crippen molar-refractivity contribution in [3.05, 3.63) is 96.1 Å². The van der Waals surface area contributed by atoms with Gasteiger partial charge >= 0.3 is 0 Å². The van der Waals surface area contributed by atoms with Gasteiger partial charge in [0.1, 0.15) is 22.9 Å². The largest absolute Gasteiger partial charge is 0.506 e. The maximum Gasteiger partial charge on any atom is 0.143 e. The van der Waals surface area contributed by atoms with Gasteiger partial charge in [-0.05, 0) is 60.4 Å². The van der Waals surface area contributed by atoms with E-state index in [0.29, 0.717) is 11.4 Å². The standard InChI is InChI=1S/C26H22N2O2/c1-17-3-7-19(8-4-17)21-11-13-23(25(29)15-21)27-28-24-14-12-22(16-26(24)30)20-9-5-18(2)6-10-20/h3-16,29-30H,1-2H3/b28-27+. The number of phenols is 2. The Kier molecular flexibility index (Phi) is 5.31. The Morgan fingerprint density at radius 3 is 1.13 bits per heavy atom. The summed E-state index contributed by atoms with van der Waals surface area (Å²) in [5.74, 6) is 0.0696. The van der Waals surface area contributed by atoms with Crippen molar-refractivity contribution in [1.82, 2.24) is 0 Å². The minimum atomic E-state index is 0.0348. The summed E-state index contributed by atoms with van der Waals surface area (Å²) < 4.78 is 0. The predicted molar refractivity (Wildman–Crippen MR) is 121 cm³/mol. The number of nitrogens with zero attached hydrogens (tertiary/aromatic N) is 2. The van der Waals surface area contributed by atoms with Crippen molar-refractivity contribution in [2.75, 3.05) is 0 Å². The van der Waals surface area contributed by atoms with Crippen molar-refractivity contribution in [3.63, 3.8) is 0 Å². The lowest BCUT2D eigenvalue weighted by atomic mass is 10.0. The van der Waals surface area contributed by atoms with Crippen LogP contribution in [0.25, 0.3) is 22.3 Å². The lowest BCUT2D eigenvalue weighted by Crippen LogP contribution is -1.80. The highest BCUT2D eigenvalue weighted by Gasteiger charge is 2.07. The summed E-state index contributed by atoms with van der Waals surface area (Å²) in [5.41, 5.74) is 6.88. The number of hydrogen-bond donors (Lipinski definition) is 2. The van der Waals surface area contributed by atoms with E-state index in [2.05, 4.69) is 10.2 Å². The van der Waals surface area contributed by atoms with Gasteiger partial charge in [0, 0.05) is 0 Å². The first-order valence-corrected chi connectivity index (χ1v) is 9.71. The average molecular weight is 394 g/mol. The molecule has 30 heavy (non-hydrogen) atoms. The van der Waals surface area contributed by atoms with Crippen LogP contribution in [0.15, 0.2) is 95.2 Å². The van der Waals surface area contributed by atoms with Crippen molar-refractivity contribution in [2.45, 2.75) is 13.8 Å². The van der Waals surface area contributed by atoms with Gasteiger partial charge in [-0.2, -0.15) is 0 Å². The van der Waals surface area contributed by atoms with Gasteiger partial charge in [0.15, 0.2) is 0 Å². The Morgan fingerprint density at radius 2 is 0.800 bits per heavy atom. The second-order valence-electron chi connectivity index (χ2n) is 7.34. The van der Waals surface area contributed by atoms with Gasteiger partial charge < -0.3 is 10.2 Å². The van der Waals surface area contributed by atoms with Crippen molar-refractivity contribution >= 4 is 11.4 Å². The van der Waals surface area contributed by atoms with E-state index in [0.717, 1.165) is 22.3 Å². The molecule has 4 rings (SSSR count). The number of hydrogen-bond acceptors (Lipinski definition) is 4. The number of azo groups is 1. The lowest BCUT2D eigenvalue weighted by molar-refractivity contribution is 0.474. The zero-order chi connectivity index (χ0) is 21.1. The second kappa shape index (κ2) is 8.21. The molecule has 0 amide bonds. The van der Waals surface area contributed by atoms with E-state index in [1.54, 1.807) is 24.3 Å². The lowest BCUT2D eigenvalue weighted by Gasteiger charge is -2.06. The molecule has 0 heterocycles. The van der Waals surface area contributed by atoms with Crippen molar-refractivity contribution in [2.24, 2.45) is 10.2 Å². The molecule has 0 aromatic heterocycles. The van der Waals surface area contributed by atoms with Gasteiger partial charge in [0.2, 0.25) is 0 Å². The average Bonchev–Trinajstić information content (AvgIpc) is 2.75. The number of phenolic OH excluding ortho intramolecular Hbond substituents is 2. The van der Waals surface area contributed by atoms with Crippen LogP contribution in [0.5, 0.6) is 11.5 Å². The van der Waals surface area contributed by atoms with E-state index < -0.39 is 0 Å². The summed E-state index contributed by atoms with van der Waals surface area (Å²) in [5, 5.41) is 28.9. The van der Waals surface area contributed by atoms with E-state index in [4.69, 9.17) is 0 Å². The molecule has 148 valence electrons. The van der Waals surface area contributed by atoms with Gasteiger partial charge in [-0.25, -0.2) is 0 Å². The third kappa shape index (κ3) is 4.23. The van der Waals surface area contributed by atoms with Crippen LogP contribution >= 0.6 is 0 Å². The number of rotatable bonds is 4. The zero-order valence-corrected chi connectivity index (χ0v) is 16.9. The SMILES string of the molecule is Cc1ccc(-c2ccc(/N=N/c3ccc(-c4ccc(C)cc4)cc3O)c(O)c2)cc1. The quantitative estimate of drug-likeness (QED) is 0.353. The van der Waals surface area contributed by atoms with Crippen LogP contribution in [0, 0.1) is 13.8 Å². The Labute approximate surface area is 175 Å². The van der Waals surface area contributed by atoms with E-state index in [1.807, 2.05) is 74.5 Å². The molecule has 0 aliphatic heterocycles. The molecule has 0 saturated heterocycles. The van der Waals surface area contributed by atoms with Gasteiger partial charge in [-0.3, -0.25) is 0 Å². The molecular formula is C26H22N2O2. The summed E-state index contributed by atoms with van der Waals surface area (Å²) in [6.07, 6.45) is 0. The highest BCUT2D eigenvalue weighted by atomic mass is 16.3. The fourth-order valence-corrected chi connectivity index (χ4v) is 3.17. The monoisotopic (exact) mass is 394 g/mol. The van der Waals surface area contributed by atoms with Crippen LogP contribution in [0.2, 0.25) is 0 Å². The third-order valence-corrected chi connectivity index (χ3v) is 4.99. The van der Waals surface area contributed by atoms with Crippen LogP contribution in [-0.2, 0) is 0 Å². The van der Waals surface area contributed by atoms with Crippen LogP contribution in [0.4, 0.5) is 11.4 Å². The van der Waals surface area contributed by atoms with Gasteiger partial charge in [-0.1, -0.05) is 71.8 Å². The first kappa shape index (κ1) is 19.4. The number of aryl methyl sites for hydroxylation is 2. The van der Waals surface area contributed by atoms with E-state index >= 15 is 0 Å². The molecule has 0 atom stereocenters. The first-order chi connectivity index (χ1) is 14.5. The highest BCUT2D eigenvalue weighted by Crippen LogP contribution is 2.36. The van der Waals surface area contributed by atoms with Crippen LogP contribution in [0.3, 0.4) is 0 Å². The fraction of sp³-hybridized carbons (Fsp3) is 0.0769. The summed E-state index contributed by atoms with van der Waals surface area (Å²) >= 11 is 0. The van der Waals surface area contributed by atoms with Gasteiger partial charge in [-0.15, -0.1) is 10.2 Å². The molecule has 0 saturated carbocycles. The molecule has 0 bridgehead atoms. The normalized spacial score (nSPS) is 11.1. The molecule has 4 heteroatoms. The molecule has 0 spiro atoms. The van der Waals surface area contributed by atoms with E-state index in [-0.39, 0.29) is 11.5 Å². The zero-order valence-electron chi connectivity index (χ0n) is 16.9. The minimum absolute atomic E-state index is 0.0348. The van der Waals surface area contributed by atoms with E-state index in [1.165, 1.54) is 11.1 Å².